The van der Waals surface area contributed by atoms with Gasteiger partial charge in [-0.3, -0.25) is 0 Å². The van der Waals surface area contributed by atoms with Gasteiger partial charge in [-0.25, -0.2) is 17.2 Å². The van der Waals surface area contributed by atoms with Crippen LogP contribution >= 0.6 is 10.7 Å². The first-order valence-corrected chi connectivity index (χ1v) is 4.10. The molecule has 0 saturated heterocycles. The first kappa shape index (κ1) is 9.96. The topological polar surface area (TPSA) is 34.1 Å². The second kappa shape index (κ2) is 2.54. The number of hydrogen-bond acceptors (Lipinski definition) is 2. The van der Waals surface area contributed by atoms with E-state index in [0.29, 0.717) is 0 Å². The highest BCUT2D eigenvalue weighted by molar-refractivity contribution is 8.14. The minimum Gasteiger partial charge on any atom is -0.206 e. The fraction of sp³-hybridized carbons (Fsp3) is 1.00. The molecular formula is C2HClF4O2S. The summed E-state index contributed by atoms with van der Waals surface area (Å²) in [4.78, 5) is 0. The summed E-state index contributed by atoms with van der Waals surface area (Å²) in [7, 11) is -1.55. The van der Waals surface area contributed by atoms with Crippen molar-refractivity contribution in [3.63, 3.8) is 0 Å². The zero-order chi connectivity index (χ0) is 8.58. The molecule has 0 heterocycles. The van der Waals surface area contributed by atoms with Crippen LogP contribution in [0.3, 0.4) is 0 Å². The van der Waals surface area contributed by atoms with Crippen molar-refractivity contribution in [3.8, 4) is 0 Å². The van der Waals surface area contributed by atoms with Crippen LogP contribution in [0.5, 0.6) is 0 Å². The van der Waals surface area contributed by atoms with E-state index in [0.717, 1.165) is 0 Å². The third-order valence-electron chi connectivity index (χ3n) is 0.579. The van der Waals surface area contributed by atoms with Gasteiger partial charge in [-0.15, -0.1) is 0 Å². The standard InChI is InChI=1S/C2HClF4O2S/c3-10(8,9)2(6,7)1(4)5/h1H. The molecule has 0 aliphatic heterocycles. The van der Waals surface area contributed by atoms with Gasteiger partial charge in [-0.2, -0.15) is 8.78 Å². The lowest BCUT2D eigenvalue weighted by Gasteiger charge is -2.09. The Kier molecular flexibility index (Phi) is 2.53. The maximum absolute atomic E-state index is 11.6. The second-order valence-corrected chi connectivity index (χ2v) is 3.94. The van der Waals surface area contributed by atoms with Gasteiger partial charge in [-0.1, -0.05) is 0 Å². The number of rotatable bonds is 2. The Labute approximate surface area is 58.2 Å². The summed E-state index contributed by atoms with van der Waals surface area (Å²) in [6, 6.07) is 0. The van der Waals surface area contributed by atoms with Crippen molar-refractivity contribution in [3.05, 3.63) is 0 Å². The van der Waals surface area contributed by atoms with Crippen LogP contribution in [0.25, 0.3) is 0 Å². The van der Waals surface area contributed by atoms with Gasteiger partial charge in [0.1, 0.15) is 0 Å². The summed E-state index contributed by atoms with van der Waals surface area (Å²) in [6.45, 7) is 0. The Morgan fingerprint density at radius 1 is 1.30 bits per heavy atom. The van der Waals surface area contributed by atoms with E-state index in [1.54, 1.807) is 0 Å². The van der Waals surface area contributed by atoms with Crippen molar-refractivity contribution in [2.75, 3.05) is 0 Å². The highest BCUT2D eigenvalue weighted by Gasteiger charge is 2.53. The largest absolute Gasteiger partial charge is 0.418 e. The fourth-order valence-electron chi connectivity index (χ4n) is 0.106. The van der Waals surface area contributed by atoms with Gasteiger partial charge >= 0.3 is 20.7 Å². The molecule has 0 fully saturated rings. The molecule has 0 bridgehead atoms. The zero-order valence-electron chi connectivity index (χ0n) is 4.19. The zero-order valence-corrected chi connectivity index (χ0v) is 5.76. The molecule has 0 rings (SSSR count). The molecule has 0 aromatic heterocycles. The van der Waals surface area contributed by atoms with Crippen LogP contribution < -0.4 is 0 Å². The van der Waals surface area contributed by atoms with Gasteiger partial charge in [0.15, 0.2) is 0 Å². The molecule has 0 spiro atoms. The Bertz CT molecular complexity index is 209. The molecule has 0 atom stereocenters. The normalized spacial score (nSPS) is 14.2. The van der Waals surface area contributed by atoms with Gasteiger partial charge in [0.05, 0.1) is 0 Å². The Hall–Kier alpha value is -0.0400. The predicted molar refractivity (Wildman–Crippen MR) is 25.7 cm³/mol. The van der Waals surface area contributed by atoms with Crippen LogP contribution in [0.15, 0.2) is 0 Å². The molecule has 0 unspecified atom stereocenters. The number of alkyl halides is 4. The molecule has 0 aliphatic rings. The van der Waals surface area contributed by atoms with E-state index in [9.17, 15) is 26.0 Å². The maximum atomic E-state index is 11.6. The van der Waals surface area contributed by atoms with E-state index in [1.807, 2.05) is 0 Å². The van der Waals surface area contributed by atoms with Gasteiger partial charge < -0.3 is 0 Å². The molecule has 0 N–H and O–H groups in total. The van der Waals surface area contributed by atoms with Crippen LogP contribution in [-0.2, 0) is 9.05 Å². The lowest BCUT2D eigenvalue weighted by atomic mass is 10.7. The summed E-state index contributed by atoms with van der Waals surface area (Å²) in [6.07, 6.45) is -4.30. The van der Waals surface area contributed by atoms with Gasteiger partial charge in [0.25, 0.3) is 0 Å². The number of halogens is 5. The van der Waals surface area contributed by atoms with E-state index in [4.69, 9.17) is 0 Å². The van der Waals surface area contributed by atoms with E-state index in [-0.39, 0.29) is 0 Å². The summed E-state index contributed by atoms with van der Waals surface area (Å²) in [5, 5.41) is -5.16. The van der Waals surface area contributed by atoms with E-state index < -0.39 is 20.7 Å². The van der Waals surface area contributed by atoms with Gasteiger partial charge in [-0.05, 0) is 0 Å². The summed E-state index contributed by atoms with van der Waals surface area (Å²) < 4.78 is 64.6. The average Bonchev–Trinajstić information content (AvgIpc) is 1.62. The van der Waals surface area contributed by atoms with Crippen molar-refractivity contribution < 1.29 is 26.0 Å². The molecule has 0 aromatic carbocycles. The quantitative estimate of drug-likeness (QED) is 0.499. The minimum absolute atomic E-state index is 3.96. The van der Waals surface area contributed by atoms with Crippen molar-refractivity contribution in [2.45, 2.75) is 11.7 Å². The van der Waals surface area contributed by atoms with Gasteiger partial charge in [0, 0.05) is 10.7 Å². The summed E-state index contributed by atoms with van der Waals surface area (Å²) in [5.74, 6) is 0. The van der Waals surface area contributed by atoms with E-state index >= 15 is 0 Å². The SMILES string of the molecule is O=S(=O)(Cl)C(F)(F)C(F)F. The molecule has 10 heavy (non-hydrogen) atoms. The molecule has 62 valence electrons. The van der Waals surface area contributed by atoms with Crippen LogP contribution in [0, 0.1) is 0 Å². The minimum atomic E-state index is -5.51. The molecule has 2 nitrogen and oxygen atoms in total. The first-order valence-electron chi connectivity index (χ1n) is 1.79. The first-order chi connectivity index (χ1) is 4.19. The van der Waals surface area contributed by atoms with Crippen molar-refractivity contribution in [2.24, 2.45) is 0 Å². The lowest BCUT2D eigenvalue weighted by Crippen LogP contribution is -2.32. The monoisotopic (exact) mass is 200 g/mol. The van der Waals surface area contributed by atoms with Crippen LogP contribution in [-0.4, -0.2) is 20.1 Å². The van der Waals surface area contributed by atoms with Crippen LogP contribution in [0.1, 0.15) is 0 Å². The maximum Gasteiger partial charge on any atom is 0.418 e. The average molecular weight is 201 g/mol. The Balaban J connectivity index is 4.76. The Morgan fingerprint density at radius 3 is 1.60 bits per heavy atom. The van der Waals surface area contributed by atoms with Crippen molar-refractivity contribution in [1.29, 1.82) is 0 Å². The van der Waals surface area contributed by atoms with E-state index in [2.05, 4.69) is 10.7 Å². The fourth-order valence-corrected chi connectivity index (χ4v) is 0.521. The molecule has 0 aliphatic carbocycles. The molecule has 0 amide bonds. The van der Waals surface area contributed by atoms with Crippen LogP contribution in [0.4, 0.5) is 17.6 Å². The molecule has 8 heteroatoms. The highest BCUT2D eigenvalue weighted by atomic mass is 35.7. The van der Waals surface area contributed by atoms with Gasteiger partial charge in [0.2, 0.25) is 0 Å². The highest BCUT2D eigenvalue weighted by Crippen LogP contribution is 2.31. The third kappa shape index (κ3) is 1.72. The van der Waals surface area contributed by atoms with E-state index in [1.165, 1.54) is 0 Å². The lowest BCUT2D eigenvalue weighted by molar-refractivity contribution is -0.0620. The molecular weight excluding hydrogens is 200 g/mol. The number of hydrogen-bond donors (Lipinski definition) is 0. The third-order valence-corrected chi connectivity index (χ3v) is 2.02. The molecule has 0 saturated carbocycles. The molecule has 0 aromatic rings. The smallest absolute Gasteiger partial charge is 0.206 e. The predicted octanol–water partition coefficient (Wildman–Crippen LogP) is 1.41. The summed E-state index contributed by atoms with van der Waals surface area (Å²) >= 11 is 0. The van der Waals surface area contributed by atoms with Crippen molar-refractivity contribution in [1.82, 2.24) is 0 Å². The van der Waals surface area contributed by atoms with Crippen molar-refractivity contribution >= 4 is 19.7 Å². The Morgan fingerprint density at radius 2 is 1.60 bits per heavy atom. The second-order valence-electron chi connectivity index (χ2n) is 1.30. The summed E-state index contributed by atoms with van der Waals surface area (Å²) in [5.41, 5.74) is 0. The molecule has 0 radical (unpaired) electrons. The van der Waals surface area contributed by atoms with Crippen LogP contribution in [0.2, 0.25) is 0 Å².